The Morgan fingerprint density at radius 1 is 1.25 bits per heavy atom. The van der Waals surface area contributed by atoms with Crippen LogP contribution in [0, 0.1) is 0 Å². The van der Waals surface area contributed by atoms with E-state index in [1.807, 2.05) is 0 Å². The molecule has 7 nitrogen and oxygen atoms in total. The fourth-order valence-electron chi connectivity index (χ4n) is 1.55. The van der Waals surface area contributed by atoms with Gasteiger partial charge in [-0.1, -0.05) is 6.07 Å². The summed E-state index contributed by atoms with van der Waals surface area (Å²) in [6.45, 7) is 2.60. The van der Waals surface area contributed by atoms with Gasteiger partial charge in [-0.2, -0.15) is 0 Å². The summed E-state index contributed by atoms with van der Waals surface area (Å²) in [5, 5.41) is 22.9. The van der Waals surface area contributed by atoms with Gasteiger partial charge in [-0.15, -0.1) is 0 Å². The maximum Gasteiger partial charge on any atom is 0.328 e. The number of benzene rings is 1. The van der Waals surface area contributed by atoms with Crippen LogP contribution in [0.5, 0.6) is 0 Å². The van der Waals surface area contributed by atoms with E-state index in [-0.39, 0.29) is 11.5 Å². The number of nitrogens with one attached hydrogen (secondary N) is 2. The second-order valence-electron chi connectivity index (χ2n) is 4.29. The number of hydrogen-bond acceptors (Lipinski definition) is 4. The molecule has 0 saturated heterocycles. The summed E-state index contributed by atoms with van der Waals surface area (Å²) >= 11 is 0. The van der Waals surface area contributed by atoms with E-state index in [9.17, 15) is 19.5 Å². The first-order valence-electron chi connectivity index (χ1n) is 5.90. The lowest BCUT2D eigenvalue weighted by atomic mass is 10.1. The van der Waals surface area contributed by atoms with Crippen LogP contribution < -0.4 is 10.6 Å². The average Bonchev–Trinajstić information content (AvgIpc) is 2.34. The summed E-state index contributed by atoms with van der Waals surface area (Å²) in [5.74, 6) is -2.26. The zero-order chi connectivity index (χ0) is 15.3. The molecule has 0 fully saturated rings. The van der Waals surface area contributed by atoms with Crippen molar-refractivity contribution >= 4 is 23.5 Å². The summed E-state index contributed by atoms with van der Waals surface area (Å²) in [6.07, 6.45) is -1.23. The number of aliphatic hydroxyl groups is 1. The van der Waals surface area contributed by atoms with Gasteiger partial charge in [0, 0.05) is 18.2 Å². The molecule has 0 aromatic heterocycles. The third kappa shape index (κ3) is 4.36. The zero-order valence-electron chi connectivity index (χ0n) is 11.1. The van der Waals surface area contributed by atoms with E-state index in [0.717, 1.165) is 0 Å². The number of anilines is 1. The van der Waals surface area contributed by atoms with Gasteiger partial charge >= 0.3 is 5.97 Å². The van der Waals surface area contributed by atoms with Crippen LogP contribution in [0.2, 0.25) is 0 Å². The van der Waals surface area contributed by atoms with E-state index in [2.05, 4.69) is 10.6 Å². The SMILES string of the molecule is CC(=O)Nc1cccc(C(=O)N[C@H](C(=O)O)[C@@H](C)O)c1. The first-order valence-corrected chi connectivity index (χ1v) is 5.90. The fourth-order valence-corrected chi connectivity index (χ4v) is 1.55. The highest BCUT2D eigenvalue weighted by molar-refractivity contribution is 5.98. The van der Waals surface area contributed by atoms with Gasteiger partial charge in [0.1, 0.15) is 0 Å². The third-order valence-corrected chi connectivity index (χ3v) is 2.48. The van der Waals surface area contributed by atoms with Crippen molar-refractivity contribution in [2.45, 2.75) is 26.0 Å². The van der Waals surface area contributed by atoms with Crippen molar-refractivity contribution in [2.24, 2.45) is 0 Å². The predicted octanol–water partition coefficient (Wildman–Crippen LogP) is 0.209. The van der Waals surface area contributed by atoms with Crippen molar-refractivity contribution in [3.05, 3.63) is 29.8 Å². The molecular weight excluding hydrogens is 264 g/mol. The maximum atomic E-state index is 11.9. The van der Waals surface area contributed by atoms with Gasteiger partial charge in [-0.3, -0.25) is 9.59 Å². The highest BCUT2D eigenvalue weighted by atomic mass is 16.4. The fraction of sp³-hybridized carbons (Fsp3) is 0.308. The molecule has 0 aliphatic carbocycles. The van der Waals surface area contributed by atoms with Gasteiger partial charge in [-0.25, -0.2) is 4.79 Å². The van der Waals surface area contributed by atoms with Gasteiger partial charge in [0.15, 0.2) is 6.04 Å². The zero-order valence-corrected chi connectivity index (χ0v) is 11.1. The highest BCUT2D eigenvalue weighted by Crippen LogP contribution is 2.11. The van der Waals surface area contributed by atoms with Gasteiger partial charge in [0.05, 0.1) is 6.10 Å². The Kier molecular flexibility index (Phi) is 5.22. The number of carbonyl (C=O) groups is 3. The van der Waals surface area contributed by atoms with Crippen LogP contribution in [0.25, 0.3) is 0 Å². The van der Waals surface area contributed by atoms with Crippen molar-refractivity contribution in [3.8, 4) is 0 Å². The number of aliphatic carboxylic acids is 1. The van der Waals surface area contributed by atoms with Crippen LogP contribution in [0.4, 0.5) is 5.69 Å². The predicted molar refractivity (Wildman–Crippen MR) is 71.3 cm³/mol. The topological polar surface area (TPSA) is 116 Å². The van der Waals surface area contributed by atoms with Crippen LogP contribution in [0.1, 0.15) is 24.2 Å². The number of rotatable bonds is 5. The Hall–Kier alpha value is -2.41. The molecule has 7 heteroatoms. The van der Waals surface area contributed by atoms with Crippen molar-refractivity contribution < 1.29 is 24.6 Å². The number of carboxylic acid groups (broad SMARTS) is 1. The molecule has 0 unspecified atom stereocenters. The minimum absolute atomic E-state index is 0.183. The van der Waals surface area contributed by atoms with Gasteiger partial charge < -0.3 is 20.8 Å². The smallest absolute Gasteiger partial charge is 0.328 e. The second-order valence-corrected chi connectivity index (χ2v) is 4.29. The number of carbonyl (C=O) groups excluding carboxylic acids is 2. The Morgan fingerprint density at radius 3 is 2.40 bits per heavy atom. The first kappa shape index (κ1) is 15.6. The molecular formula is C13H16N2O5. The van der Waals surface area contributed by atoms with E-state index in [0.29, 0.717) is 5.69 Å². The lowest BCUT2D eigenvalue weighted by Gasteiger charge is -2.17. The average molecular weight is 280 g/mol. The third-order valence-electron chi connectivity index (χ3n) is 2.48. The number of hydrogen-bond donors (Lipinski definition) is 4. The van der Waals surface area contributed by atoms with Crippen LogP contribution in [-0.2, 0) is 9.59 Å². The summed E-state index contributed by atoms with van der Waals surface area (Å²) in [4.78, 5) is 33.7. The van der Waals surface area contributed by atoms with E-state index >= 15 is 0 Å². The van der Waals surface area contributed by atoms with Crippen LogP contribution in [-0.4, -0.2) is 40.1 Å². The normalized spacial score (nSPS) is 13.2. The molecule has 0 heterocycles. The molecule has 0 spiro atoms. The molecule has 0 aliphatic heterocycles. The lowest BCUT2D eigenvalue weighted by molar-refractivity contribution is -0.141. The summed E-state index contributed by atoms with van der Waals surface area (Å²) in [7, 11) is 0. The molecule has 1 aromatic carbocycles. The number of amides is 2. The van der Waals surface area contributed by atoms with Crippen molar-refractivity contribution in [2.75, 3.05) is 5.32 Å². The lowest BCUT2D eigenvalue weighted by Crippen LogP contribution is -2.47. The Balaban J connectivity index is 2.86. The maximum absolute atomic E-state index is 11.9. The van der Waals surface area contributed by atoms with Crippen molar-refractivity contribution in [1.29, 1.82) is 0 Å². The van der Waals surface area contributed by atoms with Crippen LogP contribution in [0.3, 0.4) is 0 Å². The van der Waals surface area contributed by atoms with E-state index in [1.165, 1.54) is 26.0 Å². The summed E-state index contributed by atoms with van der Waals surface area (Å²) in [5.41, 5.74) is 0.609. The molecule has 0 aliphatic rings. The molecule has 2 atom stereocenters. The molecule has 0 bridgehead atoms. The Labute approximate surface area is 115 Å². The van der Waals surface area contributed by atoms with E-state index in [4.69, 9.17) is 5.11 Å². The summed E-state index contributed by atoms with van der Waals surface area (Å²) < 4.78 is 0. The Morgan fingerprint density at radius 2 is 1.90 bits per heavy atom. The molecule has 1 rings (SSSR count). The summed E-state index contributed by atoms with van der Waals surface area (Å²) in [6, 6.07) is 4.64. The van der Waals surface area contributed by atoms with Crippen molar-refractivity contribution in [1.82, 2.24) is 5.32 Å². The van der Waals surface area contributed by atoms with E-state index in [1.54, 1.807) is 12.1 Å². The van der Waals surface area contributed by atoms with Gasteiger partial charge in [0.2, 0.25) is 5.91 Å². The number of carboxylic acids is 1. The molecule has 0 saturated carbocycles. The molecule has 4 N–H and O–H groups in total. The first-order chi connectivity index (χ1) is 9.31. The quantitative estimate of drug-likeness (QED) is 0.615. The van der Waals surface area contributed by atoms with Crippen molar-refractivity contribution in [3.63, 3.8) is 0 Å². The standard InChI is InChI=1S/C13H16N2O5/c1-7(16)11(13(19)20)15-12(18)9-4-3-5-10(6-9)14-8(2)17/h3-7,11,16H,1-2H3,(H,14,17)(H,15,18)(H,19,20)/t7-,11+/m1/s1. The molecule has 108 valence electrons. The molecule has 1 aromatic rings. The van der Waals surface area contributed by atoms with Crippen LogP contribution >= 0.6 is 0 Å². The highest BCUT2D eigenvalue weighted by Gasteiger charge is 2.25. The minimum Gasteiger partial charge on any atom is -0.480 e. The van der Waals surface area contributed by atoms with E-state index < -0.39 is 24.0 Å². The van der Waals surface area contributed by atoms with Gasteiger partial charge in [0.25, 0.3) is 5.91 Å². The minimum atomic E-state index is -1.40. The number of aliphatic hydroxyl groups excluding tert-OH is 1. The molecule has 2 amide bonds. The molecule has 20 heavy (non-hydrogen) atoms. The largest absolute Gasteiger partial charge is 0.480 e. The van der Waals surface area contributed by atoms with Gasteiger partial charge in [-0.05, 0) is 25.1 Å². The monoisotopic (exact) mass is 280 g/mol. The van der Waals surface area contributed by atoms with Crippen LogP contribution in [0.15, 0.2) is 24.3 Å². The second kappa shape index (κ2) is 6.67. The molecule has 0 radical (unpaired) electrons. The Bertz CT molecular complexity index is 527.